The first-order chi connectivity index (χ1) is 8.07. The van der Waals surface area contributed by atoms with Gasteiger partial charge in [0.05, 0.1) is 4.47 Å². The van der Waals surface area contributed by atoms with Crippen LogP contribution in [-0.2, 0) is 0 Å². The van der Waals surface area contributed by atoms with Gasteiger partial charge >= 0.3 is 12.5 Å². The van der Waals surface area contributed by atoms with Gasteiger partial charge in [-0.15, -0.1) is 13.2 Å². The Hall–Kier alpha value is -1.12. The minimum Gasteiger partial charge on any atom is -0.484 e. The van der Waals surface area contributed by atoms with E-state index < -0.39 is 24.9 Å². The molecule has 0 fully saturated rings. The van der Waals surface area contributed by atoms with Gasteiger partial charge in [0.1, 0.15) is 11.5 Å². The maximum atomic E-state index is 11.9. The van der Waals surface area contributed by atoms with Gasteiger partial charge in [0.15, 0.2) is 6.61 Å². The minimum atomic E-state index is -4.88. The van der Waals surface area contributed by atoms with Crippen LogP contribution in [0.1, 0.15) is 0 Å². The Balaban J connectivity index is 2.74. The molecule has 0 aliphatic heterocycles. The van der Waals surface area contributed by atoms with Crippen molar-refractivity contribution >= 4 is 15.9 Å². The lowest BCUT2D eigenvalue weighted by molar-refractivity contribution is -0.274. The summed E-state index contributed by atoms with van der Waals surface area (Å²) in [5.41, 5.74) is 0. The topological polar surface area (TPSA) is 18.5 Å². The average Bonchev–Trinajstić information content (AvgIpc) is 2.15. The quantitative estimate of drug-likeness (QED) is 0.765. The van der Waals surface area contributed by atoms with Gasteiger partial charge in [0.2, 0.25) is 0 Å². The fourth-order valence-corrected chi connectivity index (χ4v) is 1.38. The van der Waals surface area contributed by atoms with E-state index in [-0.39, 0.29) is 10.2 Å². The molecular formula is C9H5BrF6O2. The Morgan fingerprint density at radius 1 is 1.06 bits per heavy atom. The van der Waals surface area contributed by atoms with Crippen molar-refractivity contribution < 1.29 is 35.8 Å². The number of benzene rings is 1. The van der Waals surface area contributed by atoms with Crippen LogP contribution in [0.2, 0.25) is 0 Å². The normalized spacial score (nSPS) is 12.4. The van der Waals surface area contributed by atoms with E-state index in [0.717, 1.165) is 18.2 Å². The van der Waals surface area contributed by atoms with E-state index in [4.69, 9.17) is 0 Å². The first-order valence-corrected chi connectivity index (χ1v) is 5.11. The summed E-state index contributed by atoms with van der Waals surface area (Å²) in [6, 6.07) is 2.74. The van der Waals surface area contributed by atoms with Crippen molar-refractivity contribution in [3.8, 4) is 11.5 Å². The molecule has 0 bridgehead atoms. The standard InChI is InChI=1S/C9H5BrF6O2/c10-6-3-5(17-4-8(11,12)13)1-2-7(6)18-9(14,15)16/h1-3H,4H2. The van der Waals surface area contributed by atoms with Crippen molar-refractivity contribution in [3.63, 3.8) is 0 Å². The Bertz CT molecular complexity index is 414. The molecule has 0 saturated heterocycles. The van der Waals surface area contributed by atoms with Crippen LogP contribution >= 0.6 is 15.9 Å². The van der Waals surface area contributed by atoms with E-state index in [1.165, 1.54) is 0 Å². The van der Waals surface area contributed by atoms with E-state index in [2.05, 4.69) is 25.4 Å². The van der Waals surface area contributed by atoms with Crippen LogP contribution in [0.5, 0.6) is 11.5 Å². The largest absolute Gasteiger partial charge is 0.573 e. The molecule has 0 radical (unpaired) electrons. The van der Waals surface area contributed by atoms with Crippen LogP contribution in [0.25, 0.3) is 0 Å². The second-order valence-corrected chi connectivity index (χ2v) is 3.90. The molecule has 9 heteroatoms. The lowest BCUT2D eigenvalue weighted by Crippen LogP contribution is -2.19. The van der Waals surface area contributed by atoms with E-state index >= 15 is 0 Å². The van der Waals surface area contributed by atoms with Crippen molar-refractivity contribution in [1.82, 2.24) is 0 Å². The highest BCUT2D eigenvalue weighted by atomic mass is 79.9. The third kappa shape index (κ3) is 5.48. The fourth-order valence-electron chi connectivity index (χ4n) is 0.944. The van der Waals surface area contributed by atoms with Gasteiger partial charge in [-0.3, -0.25) is 0 Å². The fraction of sp³-hybridized carbons (Fsp3) is 0.333. The molecule has 0 unspecified atom stereocenters. The summed E-state index contributed by atoms with van der Waals surface area (Å²) in [5.74, 6) is -0.796. The Morgan fingerprint density at radius 2 is 1.67 bits per heavy atom. The number of hydrogen-bond donors (Lipinski definition) is 0. The predicted octanol–water partition coefficient (Wildman–Crippen LogP) is 4.29. The third-order valence-electron chi connectivity index (χ3n) is 1.53. The second-order valence-electron chi connectivity index (χ2n) is 3.04. The van der Waals surface area contributed by atoms with Crippen molar-refractivity contribution in [2.75, 3.05) is 6.61 Å². The monoisotopic (exact) mass is 338 g/mol. The molecule has 18 heavy (non-hydrogen) atoms. The minimum absolute atomic E-state index is 0.167. The molecule has 0 aromatic heterocycles. The highest BCUT2D eigenvalue weighted by molar-refractivity contribution is 9.10. The molecule has 0 spiro atoms. The predicted molar refractivity (Wildman–Crippen MR) is 52.4 cm³/mol. The van der Waals surface area contributed by atoms with Gasteiger partial charge in [0.25, 0.3) is 0 Å². The Kier molecular flexibility index (Phi) is 4.36. The van der Waals surface area contributed by atoms with Crippen molar-refractivity contribution in [2.24, 2.45) is 0 Å². The number of rotatable bonds is 3. The summed E-state index contributed by atoms with van der Waals surface area (Å²) in [6.45, 7) is -1.53. The van der Waals surface area contributed by atoms with Gasteiger partial charge in [-0.25, -0.2) is 0 Å². The number of halogens is 7. The van der Waals surface area contributed by atoms with Crippen LogP contribution in [0, 0.1) is 0 Å². The number of alkyl halides is 6. The van der Waals surface area contributed by atoms with Crippen LogP contribution in [0.4, 0.5) is 26.3 Å². The summed E-state index contributed by atoms with van der Waals surface area (Å²) in [4.78, 5) is 0. The zero-order valence-electron chi connectivity index (χ0n) is 8.40. The zero-order valence-corrected chi connectivity index (χ0v) is 9.99. The molecule has 0 amide bonds. The first kappa shape index (κ1) is 14.9. The lowest BCUT2D eigenvalue weighted by atomic mass is 10.3. The molecule has 0 saturated carbocycles. The molecule has 2 nitrogen and oxygen atoms in total. The first-order valence-electron chi connectivity index (χ1n) is 4.32. The molecule has 1 aromatic rings. The maximum absolute atomic E-state index is 11.9. The highest BCUT2D eigenvalue weighted by Crippen LogP contribution is 2.33. The molecule has 0 atom stereocenters. The maximum Gasteiger partial charge on any atom is 0.573 e. The Morgan fingerprint density at radius 3 is 2.11 bits per heavy atom. The van der Waals surface area contributed by atoms with Crippen LogP contribution in [-0.4, -0.2) is 19.1 Å². The van der Waals surface area contributed by atoms with Gasteiger partial charge in [-0.2, -0.15) is 13.2 Å². The summed E-state index contributed by atoms with van der Waals surface area (Å²) in [7, 11) is 0. The molecule has 0 N–H and O–H groups in total. The number of hydrogen-bond acceptors (Lipinski definition) is 2. The lowest BCUT2D eigenvalue weighted by Gasteiger charge is -2.13. The summed E-state index contributed by atoms with van der Waals surface area (Å²) < 4.78 is 79.0. The molecule has 0 aliphatic rings. The molecule has 0 aliphatic carbocycles. The SMILES string of the molecule is FC(F)(F)COc1ccc(OC(F)(F)F)c(Br)c1. The van der Waals surface area contributed by atoms with Gasteiger partial charge in [-0.1, -0.05) is 0 Å². The van der Waals surface area contributed by atoms with E-state index in [1.807, 2.05) is 0 Å². The summed E-state index contributed by atoms with van der Waals surface area (Å²) in [5, 5.41) is 0. The molecule has 1 aromatic carbocycles. The summed E-state index contributed by atoms with van der Waals surface area (Å²) in [6.07, 6.45) is -9.40. The van der Waals surface area contributed by atoms with Gasteiger partial charge < -0.3 is 9.47 Å². The van der Waals surface area contributed by atoms with Gasteiger partial charge in [0, 0.05) is 0 Å². The molecular weight excluding hydrogens is 334 g/mol. The Labute approximate surface area is 106 Å². The highest BCUT2D eigenvalue weighted by Gasteiger charge is 2.32. The smallest absolute Gasteiger partial charge is 0.484 e. The van der Waals surface area contributed by atoms with Gasteiger partial charge in [-0.05, 0) is 34.1 Å². The van der Waals surface area contributed by atoms with E-state index in [9.17, 15) is 26.3 Å². The number of ether oxygens (including phenoxy) is 2. The summed E-state index contributed by atoms with van der Waals surface area (Å²) >= 11 is 2.73. The van der Waals surface area contributed by atoms with E-state index in [0.29, 0.717) is 0 Å². The van der Waals surface area contributed by atoms with Crippen molar-refractivity contribution in [2.45, 2.75) is 12.5 Å². The van der Waals surface area contributed by atoms with Crippen LogP contribution in [0.3, 0.4) is 0 Å². The molecule has 0 heterocycles. The third-order valence-corrected chi connectivity index (χ3v) is 2.15. The zero-order chi connectivity index (χ0) is 14.0. The molecule has 102 valence electrons. The van der Waals surface area contributed by atoms with Crippen molar-refractivity contribution in [1.29, 1.82) is 0 Å². The van der Waals surface area contributed by atoms with E-state index in [1.54, 1.807) is 0 Å². The average molecular weight is 339 g/mol. The van der Waals surface area contributed by atoms with Crippen molar-refractivity contribution in [3.05, 3.63) is 22.7 Å². The second kappa shape index (κ2) is 5.25. The van der Waals surface area contributed by atoms with Crippen LogP contribution in [0.15, 0.2) is 22.7 Å². The molecule has 1 rings (SSSR count). The van der Waals surface area contributed by atoms with Crippen LogP contribution < -0.4 is 9.47 Å².